The first kappa shape index (κ1) is 12.8. The van der Waals surface area contributed by atoms with Crippen LogP contribution in [0.1, 0.15) is 5.56 Å². The zero-order valence-electron chi connectivity index (χ0n) is 10.5. The Morgan fingerprint density at radius 2 is 1.68 bits per heavy atom. The summed E-state index contributed by atoms with van der Waals surface area (Å²) in [6.07, 6.45) is 4.68. The van der Waals surface area contributed by atoms with E-state index in [0.717, 1.165) is 16.7 Å². The predicted octanol–water partition coefficient (Wildman–Crippen LogP) is 3.63. The highest BCUT2D eigenvalue weighted by atomic mass is 16.1. The van der Waals surface area contributed by atoms with Crippen LogP contribution >= 0.6 is 0 Å². The molecule has 0 saturated carbocycles. The molecular weight excluding hydrogens is 234 g/mol. The van der Waals surface area contributed by atoms with Crippen molar-refractivity contribution in [2.75, 3.05) is 0 Å². The molecule has 1 amide bonds. The Labute approximate surface area is 113 Å². The molecule has 2 aromatic carbocycles. The lowest BCUT2D eigenvalue weighted by Gasteiger charge is -2.05. The van der Waals surface area contributed by atoms with Crippen molar-refractivity contribution in [3.8, 4) is 11.1 Å². The SMILES string of the molecule is C=CNC(=O)C=Cc1ccccc1-c1ccccc1. The van der Waals surface area contributed by atoms with Crippen molar-refractivity contribution >= 4 is 12.0 Å². The summed E-state index contributed by atoms with van der Waals surface area (Å²) >= 11 is 0. The number of nitrogens with one attached hydrogen (secondary N) is 1. The fourth-order valence-corrected chi connectivity index (χ4v) is 1.84. The molecule has 0 spiro atoms. The van der Waals surface area contributed by atoms with Crippen LogP contribution in [0.4, 0.5) is 0 Å². The fourth-order valence-electron chi connectivity index (χ4n) is 1.84. The monoisotopic (exact) mass is 249 g/mol. The van der Waals surface area contributed by atoms with Gasteiger partial charge in [-0.1, -0.05) is 61.2 Å². The number of rotatable bonds is 4. The van der Waals surface area contributed by atoms with E-state index in [0.29, 0.717) is 0 Å². The molecule has 2 heteroatoms. The van der Waals surface area contributed by atoms with E-state index in [9.17, 15) is 4.79 Å². The van der Waals surface area contributed by atoms with E-state index >= 15 is 0 Å². The second kappa shape index (κ2) is 6.36. The second-order valence-electron chi connectivity index (χ2n) is 4.00. The first-order valence-electron chi connectivity index (χ1n) is 6.05. The minimum absolute atomic E-state index is 0.183. The smallest absolute Gasteiger partial charge is 0.247 e. The maximum Gasteiger partial charge on any atom is 0.247 e. The van der Waals surface area contributed by atoms with Gasteiger partial charge in [0, 0.05) is 6.08 Å². The van der Waals surface area contributed by atoms with E-state index in [2.05, 4.69) is 24.0 Å². The lowest BCUT2D eigenvalue weighted by molar-refractivity contribution is -0.115. The molecule has 0 aliphatic heterocycles. The van der Waals surface area contributed by atoms with Crippen molar-refractivity contribution in [1.82, 2.24) is 5.32 Å². The van der Waals surface area contributed by atoms with Crippen LogP contribution in [-0.4, -0.2) is 5.91 Å². The van der Waals surface area contributed by atoms with Gasteiger partial charge in [-0.2, -0.15) is 0 Å². The average Bonchev–Trinajstić information content (AvgIpc) is 2.47. The van der Waals surface area contributed by atoms with Gasteiger partial charge in [-0.3, -0.25) is 4.79 Å². The van der Waals surface area contributed by atoms with Gasteiger partial charge < -0.3 is 5.32 Å². The van der Waals surface area contributed by atoms with E-state index in [1.807, 2.05) is 42.5 Å². The summed E-state index contributed by atoms with van der Waals surface area (Å²) in [4.78, 5) is 11.4. The molecule has 0 heterocycles. The summed E-state index contributed by atoms with van der Waals surface area (Å²) in [5, 5.41) is 2.51. The molecule has 2 nitrogen and oxygen atoms in total. The third-order valence-electron chi connectivity index (χ3n) is 2.70. The molecule has 0 fully saturated rings. The van der Waals surface area contributed by atoms with E-state index in [-0.39, 0.29) is 5.91 Å². The Balaban J connectivity index is 2.32. The molecule has 0 atom stereocenters. The van der Waals surface area contributed by atoms with E-state index in [1.165, 1.54) is 12.3 Å². The molecule has 1 N–H and O–H groups in total. The van der Waals surface area contributed by atoms with Crippen LogP contribution in [0, 0.1) is 0 Å². The van der Waals surface area contributed by atoms with Crippen LogP contribution in [0.2, 0.25) is 0 Å². The predicted molar refractivity (Wildman–Crippen MR) is 79.3 cm³/mol. The number of hydrogen-bond acceptors (Lipinski definition) is 1. The third-order valence-corrected chi connectivity index (χ3v) is 2.70. The summed E-state index contributed by atoms with van der Waals surface area (Å²) in [6.45, 7) is 3.45. The molecular formula is C17H15NO. The number of carbonyl (C=O) groups excluding carboxylic acids is 1. The minimum atomic E-state index is -0.183. The molecule has 2 aromatic rings. The van der Waals surface area contributed by atoms with Crippen LogP contribution in [0.25, 0.3) is 17.2 Å². The molecule has 0 saturated heterocycles. The van der Waals surface area contributed by atoms with Gasteiger partial charge in [0.05, 0.1) is 0 Å². The van der Waals surface area contributed by atoms with E-state index in [1.54, 1.807) is 6.08 Å². The van der Waals surface area contributed by atoms with Gasteiger partial charge in [0.2, 0.25) is 5.91 Å². The molecule has 0 unspecified atom stereocenters. The zero-order chi connectivity index (χ0) is 13.5. The topological polar surface area (TPSA) is 29.1 Å². The minimum Gasteiger partial charge on any atom is -0.330 e. The number of amides is 1. The van der Waals surface area contributed by atoms with E-state index in [4.69, 9.17) is 0 Å². The Morgan fingerprint density at radius 3 is 2.42 bits per heavy atom. The highest BCUT2D eigenvalue weighted by molar-refractivity contribution is 5.93. The Morgan fingerprint density at radius 1 is 1.00 bits per heavy atom. The molecule has 0 aromatic heterocycles. The van der Waals surface area contributed by atoms with Crippen LogP contribution in [0.3, 0.4) is 0 Å². The maximum absolute atomic E-state index is 11.4. The third kappa shape index (κ3) is 3.42. The Hall–Kier alpha value is -2.61. The summed E-state index contributed by atoms with van der Waals surface area (Å²) in [5.41, 5.74) is 3.24. The van der Waals surface area contributed by atoms with Crippen LogP contribution in [0.15, 0.2) is 73.5 Å². The first-order valence-corrected chi connectivity index (χ1v) is 6.05. The highest BCUT2D eigenvalue weighted by Crippen LogP contribution is 2.24. The molecule has 0 radical (unpaired) electrons. The van der Waals surface area contributed by atoms with Crippen molar-refractivity contribution in [3.05, 3.63) is 79.0 Å². The maximum atomic E-state index is 11.4. The normalized spacial score (nSPS) is 10.3. The van der Waals surface area contributed by atoms with Gasteiger partial charge in [0.25, 0.3) is 0 Å². The average molecular weight is 249 g/mol. The summed E-state index contributed by atoms with van der Waals surface area (Å²) in [6, 6.07) is 18.1. The fraction of sp³-hybridized carbons (Fsp3) is 0. The van der Waals surface area contributed by atoms with Crippen molar-refractivity contribution in [2.45, 2.75) is 0 Å². The summed E-state index contributed by atoms with van der Waals surface area (Å²) < 4.78 is 0. The Bertz CT molecular complexity index is 600. The standard InChI is InChI=1S/C17H15NO/c1-2-18-17(19)13-12-15-10-6-7-11-16(15)14-8-4-3-5-9-14/h2-13H,1H2,(H,18,19). The van der Waals surface area contributed by atoms with Gasteiger partial charge in [0.1, 0.15) is 0 Å². The van der Waals surface area contributed by atoms with Gasteiger partial charge in [-0.15, -0.1) is 0 Å². The van der Waals surface area contributed by atoms with E-state index < -0.39 is 0 Å². The lowest BCUT2D eigenvalue weighted by atomic mass is 9.99. The number of hydrogen-bond donors (Lipinski definition) is 1. The van der Waals surface area contributed by atoms with Crippen molar-refractivity contribution in [3.63, 3.8) is 0 Å². The second-order valence-corrected chi connectivity index (χ2v) is 4.00. The Kier molecular flexibility index (Phi) is 4.29. The molecule has 0 bridgehead atoms. The van der Waals surface area contributed by atoms with Crippen molar-refractivity contribution in [1.29, 1.82) is 0 Å². The highest BCUT2D eigenvalue weighted by Gasteiger charge is 2.01. The van der Waals surface area contributed by atoms with Crippen LogP contribution < -0.4 is 5.32 Å². The van der Waals surface area contributed by atoms with Crippen LogP contribution in [0.5, 0.6) is 0 Å². The van der Waals surface area contributed by atoms with Gasteiger partial charge in [-0.25, -0.2) is 0 Å². The van der Waals surface area contributed by atoms with Gasteiger partial charge >= 0.3 is 0 Å². The number of benzene rings is 2. The molecule has 19 heavy (non-hydrogen) atoms. The summed E-state index contributed by atoms with van der Waals surface area (Å²) in [7, 11) is 0. The molecule has 94 valence electrons. The van der Waals surface area contributed by atoms with Gasteiger partial charge in [0.15, 0.2) is 0 Å². The van der Waals surface area contributed by atoms with Gasteiger partial charge in [-0.05, 0) is 29.0 Å². The number of carbonyl (C=O) groups is 1. The van der Waals surface area contributed by atoms with Crippen molar-refractivity contribution < 1.29 is 4.79 Å². The molecule has 2 rings (SSSR count). The van der Waals surface area contributed by atoms with Crippen molar-refractivity contribution in [2.24, 2.45) is 0 Å². The largest absolute Gasteiger partial charge is 0.330 e. The lowest BCUT2D eigenvalue weighted by Crippen LogP contribution is -2.12. The zero-order valence-corrected chi connectivity index (χ0v) is 10.5. The molecule has 0 aliphatic rings. The van der Waals surface area contributed by atoms with Crippen LogP contribution in [-0.2, 0) is 4.79 Å². The summed E-state index contributed by atoms with van der Waals surface area (Å²) in [5.74, 6) is -0.183. The first-order chi connectivity index (χ1) is 9.31. The molecule has 0 aliphatic carbocycles. The quantitative estimate of drug-likeness (QED) is 0.824.